The van der Waals surface area contributed by atoms with Crippen LogP contribution in [0.4, 0.5) is 0 Å². The van der Waals surface area contributed by atoms with Crippen LogP contribution in [0.25, 0.3) is 0 Å². The lowest BCUT2D eigenvalue weighted by Gasteiger charge is -2.28. The summed E-state index contributed by atoms with van der Waals surface area (Å²) in [7, 11) is -0.985. The summed E-state index contributed by atoms with van der Waals surface area (Å²) in [5, 5.41) is 0. The van der Waals surface area contributed by atoms with Gasteiger partial charge >= 0.3 is 35.2 Å². The summed E-state index contributed by atoms with van der Waals surface area (Å²) in [4.78, 5) is 0. The number of hydrogen-bond acceptors (Lipinski definition) is 12. The van der Waals surface area contributed by atoms with Gasteiger partial charge in [-0.15, -0.1) is 34.8 Å². The fourth-order valence-electron chi connectivity index (χ4n) is 2.74. The highest BCUT2D eigenvalue weighted by atomic mass is 35.5. The first-order valence-electron chi connectivity index (χ1n) is 13.6. The van der Waals surface area contributed by atoms with E-state index in [4.69, 9.17) is 87.9 Å². The fraction of sp³-hybridized carbons (Fsp3) is 0.833. The van der Waals surface area contributed by atoms with Crippen molar-refractivity contribution >= 4 is 70.0 Å². The minimum absolute atomic E-state index is 0.288. The van der Waals surface area contributed by atoms with Gasteiger partial charge in [0.15, 0.2) is 4.46 Å². The first-order valence-corrected chi connectivity index (χ1v) is 22.4. The van der Waals surface area contributed by atoms with Gasteiger partial charge in [0.05, 0.1) is 5.50 Å². The Balaban J connectivity index is -0.000000239. The molecule has 0 aromatic heterocycles. The Kier molecular flexibility index (Phi) is 36.9. The Morgan fingerprint density at radius 3 is 0.884 bits per heavy atom. The highest BCUT2D eigenvalue weighted by Gasteiger charge is 2.48. The van der Waals surface area contributed by atoms with Gasteiger partial charge in [0.1, 0.15) is 0 Å². The molecule has 0 heterocycles. The third-order valence-electron chi connectivity index (χ3n) is 4.79. The quantitative estimate of drug-likeness (QED) is 0.105. The van der Waals surface area contributed by atoms with Crippen LogP contribution in [0.2, 0.25) is 0 Å². The third kappa shape index (κ3) is 21.3. The maximum Gasteiger partial charge on any atom is 0.535 e. The van der Waals surface area contributed by atoms with Crippen molar-refractivity contribution in [3.63, 3.8) is 0 Å². The molecule has 0 bridgehead atoms. The standard InChI is InChI=1S/C8H18O3Si.C7H16Cl2O3Si.C5H12O3Si.C4H11ClO3Si/c1-5-9-12(8-4,10-6-2)11-7-3;1-4-10-13(7(8)9,11-5-2)12-6-3;1-5-9(6-2,7-3)8-4;1-6-9(4-5,7-2)8-3/h8H,4-7H2,1-3H3;7H,4-6H2,1-3H3;5H,1H2,2-4H3;4H2,1-3H3. The van der Waals surface area contributed by atoms with Crippen molar-refractivity contribution in [3.8, 4) is 0 Å². The van der Waals surface area contributed by atoms with E-state index < -0.39 is 39.7 Å². The summed E-state index contributed by atoms with van der Waals surface area (Å²) in [6.45, 7) is 21.8. The van der Waals surface area contributed by atoms with E-state index in [0.717, 1.165) is 0 Å². The maximum atomic E-state index is 5.79. The molecule has 0 unspecified atom stereocenters. The molecule has 19 heteroatoms. The van der Waals surface area contributed by atoms with Gasteiger partial charge in [-0.25, -0.2) is 0 Å². The van der Waals surface area contributed by atoms with Crippen LogP contribution in [0, 0.1) is 0 Å². The fourth-order valence-corrected chi connectivity index (χ4v) is 10.3. The highest BCUT2D eigenvalue weighted by Crippen LogP contribution is 2.22. The van der Waals surface area contributed by atoms with E-state index in [1.165, 1.54) is 21.3 Å². The second kappa shape index (κ2) is 31.3. The molecule has 0 saturated carbocycles. The molecule has 0 rings (SSSR count). The largest absolute Gasteiger partial charge is 0.535 e. The minimum atomic E-state index is -2.84. The zero-order valence-electron chi connectivity index (χ0n) is 28.1. The Bertz CT molecular complexity index is 579. The summed E-state index contributed by atoms with van der Waals surface area (Å²) in [6, 6.07) is 0. The van der Waals surface area contributed by atoms with Crippen molar-refractivity contribution in [2.24, 2.45) is 0 Å². The van der Waals surface area contributed by atoms with E-state index in [9.17, 15) is 0 Å². The maximum absolute atomic E-state index is 5.79. The second-order valence-corrected chi connectivity index (χ2v) is 20.6. The molecule has 0 saturated heterocycles. The van der Waals surface area contributed by atoms with Crippen molar-refractivity contribution < 1.29 is 53.1 Å². The summed E-state index contributed by atoms with van der Waals surface area (Å²) in [5.41, 5.74) is 3.53. The van der Waals surface area contributed by atoms with Crippen LogP contribution < -0.4 is 0 Å². The molecular weight excluding hydrogens is 699 g/mol. The van der Waals surface area contributed by atoms with Crippen molar-refractivity contribution in [3.05, 3.63) is 24.6 Å². The molecule has 0 aliphatic carbocycles. The predicted molar refractivity (Wildman–Crippen MR) is 181 cm³/mol. The van der Waals surface area contributed by atoms with Crippen LogP contribution in [0.3, 0.4) is 0 Å². The topological polar surface area (TPSA) is 111 Å². The van der Waals surface area contributed by atoms with Gasteiger partial charge in [-0.05, 0) is 52.9 Å². The molecule has 43 heavy (non-hydrogen) atoms. The van der Waals surface area contributed by atoms with Gasteiger partial charge in [-0.1, -0.05) is 13.2 Å². The molecule has 12 nitrogen and oxygen atoms in total. The summed E-state index contributed by atoms with van der Waals surface area (Å²) >= 11 is 17.1. The lowest BCUT2D eigenvalue weighted by atomic mass is 10.9. The molecule has 0 spiro atoms. The lowest BCUT2D eigenvalue weighted by molar-refractivity contribution is 0.0741. The average Bonchev–Trinajstić information content (AvgIpc) is 3.02. The van der Waals surface area contributed by atoms with Gasteiger partial charge < -0.3 is 53.1 Å². The number of rotatable bonds is 22. The van der Waals surface area contributed by atoms with Crippen LogP contribution in [0.5, 0.6) is 0 Å². The first-order chi connectivity index (χ1) is 20.4. The molecule has 0 amide bonds. The van der Waals surface area contributed by atoms with Crippen molar-refractivity contribution in [1.82, 2.24) is 0 Å². The molecule has 0 radical (unpaired) electrons. The van der Waals surface area contributed by atoms with Crippen molar-refractivity contribution in [1.29, 1.82) is 0 Å². The van der Waals surface area contributed by atoms with Crippen LogP contribution >= 0.6 is 34.8 Å². The zero-order valence-corrected chi connectivity index (χ0v) is 34.4. The number of halogens is 3. The molecule has 0 aromatic carbocycles. The predicted octanol–water partition coefficient (Wildman–Crippen LogP) is 5.37. The smallest absolute Gasteiger partial charge is 0.376 e. The van der Waals surface area contributed by atoms with E-state index in [0.29, 0.717) is 39.6 Å². The molecule has 0 N–H and O–H groups in total. The summed E-state index contributed by atoms with van der Waals surface area (Å²) in [5.74, 6) is 0. The Hall–Kier alpha value is 0.738. The van der Waals surface area contributed by atoms with Gasteiger partial charge in [0.25, 0.3) is 0 Å². The molecule has 0 atom stereocenters. The van der Waals surface area contributed by atoms with E-state index >= 15 is 0 Å². The Morgan fingerprint density at radius 1 is 0.512 bits per heavy atom. The molecule has 0 aliphatic rings. The second-order valence-electron chi connectivity index (χ2n) is 7.16. The molecule has 0 aromatic rings. The SMILES string of the molecule is C=C[Si](OC)(OC)OC.C=C[Si](OCC)(OCC)OCC.CCO[Si](OCC)(OCC)C(Cl)Cl.CO[Si](CCl)(OC)OC. The number of alkyl halides is 3. The Labute approximate surface area is 280 Å². The third-order valence-corrected chi connectivity index (χ3v) is 17.0. The lowest BCUT2D eigenvalue weighted by Crippen LogP contribution is -2.52. The molecular formula is C24H57Cl3O12Si4. The molecule has 0 aliphatic heterocycles. The van der Waals surface area contributed by atoms with E-state index in [-0.39, 0.29) is 5.50 Å². The van der Waals surface area contributed by atoms with Gasteiger partial charge in [0.2, 0.25) is 0 Å². The van der Waals surface area contributed by atoms with E-state index in [2.05, 4.69) is 13.2 Å². The zero-order chi connectivity index (χ0) is 34.4. The van der Waals surface area contributed by atoms with E-state index in [1.54, 1.807) is 32.7 Å². The van der Waals surface area contributed by atoms with Crippen molar-refractivity contribution in [2.75, 3.05) is 87.8 Å². The van der Waals surface area contributed by atoms with Crippen LogP contribution in [0.15, 0.2) is 24.6 Å². The van der Waals surface area contributed by atoms with E-state index in [1.807, 2.05) is 41.5 Å². The average molecular weight is 756 g/mol. The van der Waals surface area contributed by atoms with Crippen LogP contribution in [-0.4, -0.2) is 127 Å². The molecule has 262 valence electrons. The first kappa shape index (κ1) is 50.6. The van der Waals surface area contributed by atoms with Gasteiger partial charge in [-0.3, -0.25) is 0 Å². The minimum Gasteiger partial charge on any atom is -0.376 e. The van der Waals surface area contributed by atoms with Gasteiger partial charge in [-0.2, -0.15) is 0 Å². The Morgan fingerprint density at radius 2 is 0.791 bits per heavy atom. The van der Waals surface area contributed by atoms with Crippen molar-refractivity contribution in [2.45, 2.75) is 46.0 Å². The summed E-state index contributed by atoms with van der Waals surface area (Å²) in [6.07, 6.45) is 0. The normalized spacial score (nSPS) is 11.9. The molecule has 0 fully saturated rings. The monoisotopic (exact) mass is 754 g/mol. The van der Waals surface area contributed by atoms with Crippen LogP contribution in [0.1, 0.15) is 41.5 Å². The van der Waals surface area contributed by atoms with Gasteiger partial charge in [0, 0.05) is 82.3 Å². The highest BCUT2D eigenvalue weighted by molar-refractivity contribution is 6.81. The summed E-state index contributed by atoms with van der Waals surface area (Å²) < 4.78 is 61.5. The van der Waals surface area contributed by atoms with Crippen LogP contribution in [-0.2, 0) is 53.1 Å². The number of hydrogen-bond donors (Lipinski definition) is 0.